The first-order chi connectivity index (χ1) is 9.46. The van der Waals surface area contributed by atoms with Gasteiger partial charge in [-0.15, -0.1) is 11.6 Å². The average molecular weight is 315 g/mol. The van der Waals surface area contributed by atoms with Gasteiger partial charge in [0.1, 0.15) is 5.82 Å². The second kappa shape index (κ2) is 6.33. The second-order valence-electron chi connectivity index (χ2n) is 5.38. The Morgan fingerprint density at radius 3 is 2.75 bits per heavy atom. The van der Waals surface area contributed by atoms with Crippen molar-refractivity contribution in [2.45, 2.75) is 39.3 Å². The van der Waals surface area contributed by atoms with Crippen LogP contribution in [0.2, 0.25) is 5.02 Å². The third kappa shape index (κ3) is 3.46. The Balaban J connectivity index is 2.47. The number of alkyl halides is 1. The predicted octanol–water partition coefficient (Wildman–Crippen LogP) is 4.29. The fourth-order valence-corrected chi connectivity index (χ4v) is 2.75. The highest BCUT2D eigenvalue weighted by Gasteiger charge is 2.22. The number of fused-ring (bicyclic) bond motifs is 1. The molecule has 0 fully saturated rings. The van der Waals surface area contributed by atoms with Crippen LogP contribution in [-0.2, 0) is 17.7 Å². The zero-order valence-corrected chi connectivity index (χ0v) is 13.6. The van der Waals surface area contributed by atoms with Gasteiger partial charge in [-0.25, -0.2) is 4.98 Å². The lowest BCUT2D eigenvalue weighted by molar-refractivity contribution is -0.0221. The molecule has 0 aliphatic rings. The molecule has 2 aromatic rings. The smallest absolute Gasteiger partial charge is 0.111 e. The molecular formula is C15H20Cl2N2O. The zero-order chi connectivity index (χ0) is 14.8. The molecule has 0 spiro atoms. The van der Waals surface area contributed by atoms with Crippen molar-refractivity contribution in [1.29, 1.82) is 0 Å². The summed E-state index contributed by atoms with van der Waals surface area (Å²) >= 11 is 12.0. The number of aromatic nitrogens is 2. The van der Waals surface area contributed by atoms with Crippen LogP contribution in [-0.4, -0.2) is 27.6 Å². The Bertz CT molecular complexity index is 593. The van der Waals surface area contributed by atoms with E-state index in [1.807, 2.05) is 25.1 Å². The number of ether oxygens (including phenoxy) is 1. The lowest BCUT2D eigenvalue weighted by Crippen LogP contribution is -2.31. The highest BCUT2D eigenvalue weighted by atomic mass is 35.5. The lowest BCUT2D eigenvalue weighted by Gasteiger charge is -2.26. The van der Waals surface area contributed by atoms with E-state index in [2.05, 4.69) is 23.4 Å². The first-order valence-corrected chi connectivity index (χ1v) is 7.72. The van der Waals surface area contributed by atoms with E-state index < -0.39 is 0 Å². The molecule has 0 radical (unpaired) electrons. The number of benzene rings is 1. The Morgan fingerprint density at radius 2 is 2.10 bits per heavy atom. The zero-order valence-electron chi connectivity index (χ0n) is 12.1. The largest absolute Gasteiger partial charge is 0.374 e. The van der Waals surface area contributed by atoms with E-state index in [0.29, 0.717) is 17.5 Å². The van der Waals surface area contributed by atoms with Gasteiger partial charge in [0.15, 0.2) is 0 Å². The third-order valence-electron chi connectivity index (χ3n) is 3.18. The van der Waals surface area contributed by atoms with Crippen LogP contribution >= 0.6 is 23.2 Å². The second-order valence-corrected chi connectivity index (χ2v) is 6.19. The first kappa shape index (κ1) is 15.6. The number of halogens is 2. The molecule has 1 heterocycles. The van der Waals surface area contributed by atoms with Crippen molar-refractivity contribution in [2.75, 3.05) is 12.5 Å². The summed E-state index contributed by atoms with van der Waals surface area (Å²) in [5.74, 6) is 1.52. The topological polar surface area (TPSA) is 27.1 Å². The molecule has 110 valence electrons. The highest BCUT2D eigenvalue weighted by molar-refractivity contribution is 6.31. The fraction of sp³-hybridized carbons (Fsp3) is 0.533. The van der Waals surface area contributed by atoms with Gasteiger partial charge in [-0.05, 0) is 39.0 Å². The number of hydrogen-bond acceptors (Lipinski definition) is 2. The van der Waals surface area contributed by atoms with Crippen LogP contribution < -0.4 is 0 Å². The minimum Gasteiger partial charge on any atom is -0.374 e. The molecule has 20 heavy (non-hydrogen) atoms. The third-order valence-corrected chi connectivity index (χ3v) is 3.61. The Kier molecular flexibility index (Phi) is 4.95. The van der Waals surface area contributed by atoms with Crippen LogP contribution in [0.5, 0.6) is 0 Å². The summed E-state index contributed by atoms with van der Waals surface area (Å²) in [6.45, 7) is 7.58. The molecular weight excluding hydrogens is 295 g/mol. The Morgan fingerprint density at radius 1 is 1.35 bits per heavy atom. The molecule has 3 nitrogen and oxygen atoms in total. The van der Waals surface area contributed by atoms with Gasteiger partial charge in [-0.1, -0.05) is 11.6 Å². The highest BCUT2D eigenvalue weighted by Crippen LogP contribution is 2.24. The van der Waals surface area contributed by atoms with Crippen molar-refractivity contribution < 1.29 is 4.74 Å². The van der Waals surface area contributed by atoms with E-state index in [-0.39, 0.29) is 5.60 Å². The number of nitrogens with zero attached hydrogens (tertiary/aromatic N) is 2. The van der Waals surface area contributed by atoms with E-state index in [0.717, 1.165) is 29.8 Å². The van der Waals surface area contributed by atoms with Crippen molar-refractivity contribution in [3.8, 4) is 0 Å². The minimum atomic E-state index is -0.258. The molecule has 0 aliphatic heterocycles. The summed E-state index contributed by atoms with van der Waals surface area (Å²) in [7, 11) is 0. The monoisotopic (exact) mass is 314 g/mol. The Hall–Kier alpha value is -0.770. The van der Waals surface area contributed by atoms with Crippen LogP contribution in [0.3, 0.4) is 0 Å². The van der Waals surface area contributed by atoms with E-state index in [1.54, 1.807) is 0 Å². The van der Waals surface area contributed by atoms with Gasteiger partial charge < -0.3 is 9.30 Å². The molecule has 1 aromatic heterocycles. The van der Waals surface area contributed by atoms with Crippen molar-refractivity contribution in [3.63, 3.8) is 0 Å². The standard InChI is InChI=1S/C15H20Cl2N2O/c1-4-20-15(2,3)10-19-13-9-11(17)5-6-12(13)18-14(19)7-8-16/h5-6,9H,4,7-8,10H2,1-3H3. The lowest BCUT2D eigenvalue weighted by atomic mass is 10.1. The quantitative estimate of drug-likeness (QED) is 0.744. The fourth-order valence-electron chi connectivity index (χ4n) is 2.41. The van der Waals surface area contributed by atoms with Gasteiger partial charge in [0.25, 0.3) is 0 Å². The molecule has 0 amide bonds. The van der Waals surface area contributed by atoms with Crippen molar-refractivity contribution in [1.82, 2.24) is 9.55 Å². The number of rotatable bonds is 6. The van der Waals surface area contributed by atoms with Gasteiger partial charge >= 0.3 is 0 Å². The van der Waals surface area contributed by atoms with E-state index in [1.165, 1.54) is 0 Å². The van der Waals surface area contributed by atoms with Crippen molar-refractivity contribution >= 4 is 34.2 Å². The first-order valence-electron chi connectivity index (χ1n) is 6.81. The maximum absolute atomic E-state index is 6.11. The summed E-state index contributed by atoms with van der Waals surface area (Å²) in [5, 5.41) is 0.713. The maximum atomic E-state index is 6.11. The molecule has 0 bridgehead atoms. The summed E-state index contributed by atoms with van der Waals surface area (Å²) in [4.78, 5) is 4.65. The van der Waals surface area contributed by atoms with Crippen LogP contribution in [0.1, 0.15) is 26.6 Å². The van der Waals surface area contributed by atoms with Crippen molar-refractivity contribution in [3.05, 3.63) is 29.0 Å². The molecule has 1 aromatic carbocycles. The predicted molar refractivity (Wildman–Crippen MR) is 84.9 cm³/mol. The number of aryl methyl sites for hydroxylation is 1. The van der Waals surface area contributed by atoms with Crippen LogP contribution in [0.25, 0.3) is 11.0 Å². The Labute approximate surface area is 129 Å². The van der Waals surface area contributed by atoms with Gasteiger partial charge in [0.05, 0.1) is 23.2 Å². The summed E-state index contributed by atoms with van der Waals surface area (Å²) in [5.41, 5.74) is 1.72. The molecule has 0 saturated carbocycles. The average Bonchev–Trinajstić information content (AvgIpc) is 2.67. The molecule has 0 N–H and O–H groups in total. The van der Waals surface area contributed by atoms with E-state index in [9.17, 15) is 0 Å². The van der Waals surface area contributed by atoms with Crippen LogP contribution in [0, 0.1) is 0 Å². The van der Waals surface area contributed by atoms with Gasteiger partial charge in [-0.2, -0.15) is 0 Å². The molecule has 0 saturated heterocycles. The number of imidazole rings is 1. The minimum absolute atomic E-state index is 0.258. The molecule has 0 unspecified atom stereocenters. The maximum Gasteiger partial charge on any atom is 0.111 e. The molecule has 2 rings (SSSR count). The summed E-state index contributed by atoms with van der Waals surface area (Å²) in [6, 6.07) is 5.75. The molecule has 0 aliphatic carbocycles. The number of hydrogen-bond donors (Lipinski definition) is 0. The van der Waals surface area contributed by atoms with E-state index >= 15 is 0 Å². The van der Waals surface area contributed by atoms with E-state index in [4.69, 9.17) is 27.9 Å². The van der Waals surface area contributed by atoms with Gasteiger partial charge in [0, 0.05) is 23.9 Å². The normalized spacial score (nSPS) is 12.2. The molecule has 5 heteroatoms. The van der Waals surface area contributed by atoms with Crippen LogP contribution in [0.4, 0.5) is 0 Å². The van der Waals surface area contributed by atoms with Crippen molar-refractivity contribution in [2.24, 2.45) is 0 Å². The SMILES string of the molecule is CCOC(C)(C)Cn1c(CCCl)nc2ccc(Cl)cc21. The van der Waals surface area contributed by atoms with Gasteiger partial charge in [0.2, 0.25) is 0 Å². The van der Waals surface area contributed by atoms with Crippen LogP contribution in [0.15, 0.2) is 18.2 Å². The summed E-state index contributed by atoms with van der Waals surface area (Å²) in [6.07, 6.45) is 0.732. The van der Waals surface area contributed by atoms with Gasteiger partial charge in [-0.3, -0.25) is 0 Å². The summed E-state index contributed by atoms with van der Waals surface area (Å²) < 4.78 is 7.97. The molecule has 0 atom stereocenters.